The fourth-order valence-electron chi connectivity index (χ4n) is 3.35. The van der Waals surface area contributed by atoms with Gasteiger partial charge in [0.05, 0.1) is 6.10 Å². The summed E-state index contributed by atoms with van der Waals surface area (Å²) >= 11 is 0. The first kappa shape index (κ1) is 12.4. The van der Waals surface area contributed by atoms with Gasteiger partial charge < -0.3 is 10.0 Å². The lowest BCUT2D eigenvalue weighted by Crippen LogP contribution is -2.41. The predicted molar refractivity (Wildman–Crippen MR) is 67.3 cm³/mol. The van der Waals surface area contributed by atoms with E-state index in [0.29, 0.717) is 17.8 Å². The van der Waals surface area contributed by atoms with Gasteiger partial charge in [0.2, 0.25) is 0 Å². The minimum absolute atomic E-state index is 0.0691. The van der Waals surface area contributed by atoms with Crippen molar-refractivity contribution >= 4 is 0 Å². The molecule has 16 heavy (non-hydrogen) atoms. The quantitative estimate of drug-likeness (QED) is 0.794. The Labute approximate surface area is 100 Å². The van der Waals surface area contributed by atoms with Crippen LogP contribution in [0.1, 0.15) is 39.5 Å². The van der Waals surface area contributed by atoms with E-state index in [1.807, 2.05) is 0 Å². The second kappa shape index (κ2) is 5.05. The lowest BCUT2D eigenvalue weighted by Gasteiger charge is -2.39. The molecule has 2 aliphatic carbocycles. The third-order valence-corrected chi connectivity index (χ3v) is 4.43. The highest BCUT2D eigenvalue weighted by Gasteiger charge is 2.34. The van der Waals surface area contributed by atoms with Crippen LogP contribution in [0.25, 0.3) is 0 Å². The van der Waals surface area contributed by atoms with Crippen molar-refractivity contribution in [3.8, 4) is 0 Å². The molecule has 2 fully saturated rings. The highest BCUT2D eigenvalue weighted by atomic mass is 16.3. The van der Waals surface area contributed by atoms with Gasteiger partial charge in [0.15, 0.2) is 0 Å². The maximum atomic E-state index is 10.2. The minimum atomic E-state index is -0.0691. The summed E-state index contributed by atoms with van der Waals surface area (Å²) in [4.78, 5) is 2.44. The van der Waals surface area contributed by atoms with Crippen molar-refractivity contribution in [2.75, 3.05) is 20.1 Å². The van der Waals surface area contributed by atoms with Gasteiger partial charge in [0.1, 0.15) is 0 Å². The first-order valence-electron chi connectivity index (χ1n) is 6.93. The normalized spacial score (nSPS) is 40.3. The summed E-state index contributed by atoms with van der Waals surface area (Å²) in [7, 11) is 2.22. The van der Waals surface area contributed by atoms with Gasteiger partial charge in [-0.25, -0.2) is 0 Å². The van der Waals surface area contributed by atoms with Gasteiger partial charge >= 0.3 is 0 Å². The second-order valence-corrected chi connectivity index (χ2v) is 6.45. The molecule has 94 valence electrons. The molecule has 2 rings (SSSR count). The summed E-state index contributed by atoms with van der Waals surface area (Å²) in [5.74, 6) is 2.84. The SMILES string of the molecule is CC1CC(C)C(CN(C)CC2CC2)C(O)C1. The summed E-state index contributed by atoms with van der Waals surface area (Å²) in [5.41, 5.74) is 0. The molecule has 2 nitrogen and oxygen atoms in total. The molecule has 4 atom stereocenters. The molecule has 0 amide bonds. The van der Waals surface area contributed by atoms with Crippen LogP contribution in [0.4, 0.5) is 0 Å². The van der Waals surface area contributed by atoms with Crippen molar-refractivity contribution in [3.05, 3.63) is 0 Å². The van der Waals surface area contributed by atoms with Crippen LogP contribution in [0.2, 0.25) is 0 Å². The summed E-state index contributed by atoms with van der Waals surface area (Å²) in [5, 5.41) is 10.2. The zero-order valence-corrected chi connectivity index (χ0v) is 11.0. The van der Waals surface area contributed by atoms with Crippen LogP contribution >= 0.6 is 0 Å². The molecule has 0 aromatic heterocycles. The van der Waals surface area contributed by atoms with E-state index in [1.165, 1.54) is 25.8 Å². The highest BCUT2D eigenvalue weighted by Crippen LogP contribution is 2.35. The molecule has 0 aromatic rings. The molecule has 2 saturated carbocycles. The topological polar surface area (TPSA) is 23.5 Å². The summed E-state index contributed by atoms with van der Waals surface area (Å²) in [6, 6.07) is 0. The van der Waals surface area contributed by atoms with Gasteiger partial charge in [-0.2, -0.15) is 0 Å². The average molecular weight is 225 g/mol. The molecule has 0 bridgehead atoms. The molecular weight excluding hydrogens is 198 g/mol. The zero-order valence-electron chi connectivity index (χ0n) is 11.0. The van der Waals surface area contributed by atoms with Crippen LogP contribution < -0.4 is 0 Å². The van der Waals surface area contributed by atoms with Crippen LogP contribution in [0.15, 0.2) is 0 Å². The van der Waals surface area contributed by atoms with Gasteiger partial charge in [-0.15, -0.1) is 0 Å². The lowest BCUT2D eigenvalue weighted by atomic mass is 9.73. The van der Waals surface area contributed by atoms with Crippen molar-refractivity contribution in [3.63, 3.8) is 0 Å². The molecule has 2 heteroatoms. The van der Waals surface area contributed by atoms with E-state index in [9.17, 15) is 5.11 Å². The molecule has 2 aliphatic rings. The van der Waals surface area contributed by atoms with Crippen LogP contribution in [0.3, 0.4) is 0 Å². The fraction of sp³-hybridized carbons (Fsp3) is 1.00. The second-order valence-electron chi connectivity index (χ2n) is 6.45. The Morgan fingerprint density at radius 1 is 1.12 bits per heavy atom. The summed E-state index contributed by atoms with van der Waals surface area (Å²) in [6.07, 6.45) is 5.07. The summed E-state index contributed by atoms with van der Waals surface area (Å²) < 4.78 is 0. The first-order valence-corrected chi connectivity index (χ1v) is 6.93. The molecule has 0 saturated heterocycles. The van der Waals surface area contributed by atoms with Gasteiger partial charge in [-0.05, 0) is 50.5 Å². The van der Waals surface area contributed by atoms with Gasteiger partial charge in [-0.1, -0.05) is 13.8 Å². The number of aliphatic hydroxyl groups excluding tert-OH is 1. The zero-order chi connectivity index (χ0) is 11.7. The van der Waals surface area contributed by atoms with Crippen molar-refractivity contribution in [2.45, 2.75) is 45.6 Å². The van der Waals surface area contributed by atoms with Crippen molar-refractivity contribution in [2.24, 2.45) is 23.7 Å². The van der Waals surface area contributed by atoms with E-state index in [-0.39, 0.29) is 6.10 Å². The number of rotatable bonds is 4. The van der Waals surface area contributed by atoms with Gasteiger partial charge in [0.25, 0.3) is 0 Å². The van der Waals surface area contributed by atoms with E-state index < -0.39 is 0 Å². The molecule has 1 N–H and O–H groups in total. The molecule has 0 radical (unpaired) electrons. The Hall–Kier alpha value is -0.0800. The van der Waals surface area contributed by atoms with E-state index in [1.54, 1.807) is 0 Å². The summed E-state index contributed by atoms with van der Waals surface area (Å²) in [6.45, 7) is 6.91. The first-order chi connectivity index (χ1) is 7.56. The Morgan fingerprint density at radius 2 is 1.81 bits per heavy atom. The van der Waals surface area contributed by atoms with Crippen LogP contribution in [-0.2, 0) is 0 Å². The van der Waals surface area contributed by atoms with Crippen molar-refractivity contribution in [1.29, 1.82) is 0 Å². The lowest BCUT2D eigenvalue weighted by molar-refractivity contribution is 0.00111. The largest absolute Gasteiger partial charge is 0.393 e. The van der Waals surface area contributed by atoms with Gasteiger partial charge in [0, 0.05) is 19.0 Å². The van der Waals surface area contributed by atoms with E-state index >= 15 is 0 Å². The molecule has 0 aliphatic heterocycles. The Balaban J connectivity index is 1.81. The molecule has 0 aromatic carbocycles. The van der Waals surface area contributed by atoms with Crippen LogP contribution in [0.5, 0.6) is 0 Å². The maximum absolute atomic E-state index is 10.2. The molecular formula is C14H27NO. The van der Waals surface area contributed by atoms with Crippen molar-refractivity contribution < 1.29 is 5.11 Å². The molecule has 4 unspecified atom stereocenters. The standard InChI is InChI=1S/C14H27NO/c1-10-6-11(2)13(14(16)7-10)9-15(3)8-12-4-5-12/h10-14,16H,4-9H2,1-3H3. The number of hydrogen-bond donors (Lipinski definition) is 1. The smallest absolute Gasteiger partial charge is 0.0585 e. The van der Waals surface area contributed by atoms with Crippen molar-refractivity contribution in [1.82, 2.24) is 4.90 Å². The van der Waals surface area contributed by atoms with E-state index in [0.717, 1.165) is 18.9 Å². The Bertz CT molecular complexity index is 215. The molecule has 0 heterocycles. The van der Waals surface area contributed by atoms with Crippen LogP contribution in [0, 0.1) is 23.7 Å². The average Bonchev–Trinajstić information content (AvgIpc) is 2.95. The third kappa shape index (κ3) is 3.21. The molecule has 0 spiro atoms. The fourth-order valence-corrected chi connectivity index (χ4v) is 3.35. The Kier molecular flexibility index (Phi) is 3.91. The Morgan fingerprint density at radius 3 is 2.38 bits per heavy atom. The monoisotopic (exact) mass is 225 g/mol. The van der Waals surface area contributed by atoms with Crippen LogP contribution in [-0.4, -0.2) is 36.2 Å². The third-order valence-electron chi connectivity index (χ3n) is 4.43. The minimum Gasteiger partial charge on any atom is -0.393 e. The number of hydrogen-bond acceptors (Lipinski definition) is 2. The maximum Gasteiger partial charge on any atom is 0.0585 e. The highest BCUT2D eigenvalue weighted by molar-refractivity contribution is 4.85. The predicted octanol–water partition coefficient (Wildman–Crippen LogP) is 2.37. The van der Waals surface area contributed by atoms with E-state index in [4.69, 9.17) is 0 Å². The number of nitrogens with zero attached hydrogens (tertiary/aromatic N) is 1. The number of aliphatic hydroxyl groups is 1. The van der Waals surface area contributed by atoms with E-state index in [2.05, 4.69) is 25.8 Å². The van der Waals surface area contributed by atoms with Gasteiger partial charge in [-0.3, -0.25) is 0 Å².